The van der Waals surface area contributed by atoms with E-state index in [4.69, 9.17) is 9.26 Å². The van der Waals surface area contributed by atoms with Gasteiger partial charge in [-0.25, -0.2) is 0 Å². The van der Waals surface area contributed by atoms with Crippen molar-refractivity contribution in [1.29, 1.82) is 0 Å². The van der Waals surface area contributed by atoms with Gasteiger partial charge in [0.15, 0.2) is 5.82 Å². The molecule has 6 heteroatoms. The predicted molar refractivity (Wildman–Crippen MR) is 81.9 cm³/mol. The predicted octanol–water partition coefficient (Wildman–Crippen LogP) is 2.69. The highest BCUT2D eigenvalue weighted by Crippen LogP contribution is 2.18. The molecule has 2 heterocycles. The Kier molecular flexibility index (Phi) is 5.00. The van der Waals surface area contributed by atoms with E-state index in [9.17, 15) is 0 Å². The minimum absolute atomic E-state index is 0.296. The third-order valence-electron chi connectivity index (χ3n) is 3.55. The fourth-order valence-corrected chi connectivity index (χ4v) is 2.81. The van der Waals surface area contributed by atoms with Crippen LogP contribution in [0.25, 0.3) is 0 Å². The normalized spacial score (nSPS) is 16.2. The largest absolute Gasteiger partial charge is 0.368 e. The van der Waals surface area contributed by atoms with Crippen LogP contribution in [0.3, 0.4) is 0 Å². The maximum Gasteiger partial charge on any atom is 0.252 e. The van der Waals surface area contributed by atoms with E-state index in [-0.39, 0.29) is 0 Å². The first-order chi connectivity index (χ1) is 10.3. The summed E-state index contributed by atoms with van der Waals surface area (Å²) >= 11 is 3.53. The molecule has 0 unspecified atom stereocenters. The summed E-state index contributed by atoms with van der Waals surface area (Å²) in [4.78, 5) is 4.39. The molecular weight excluding hydrogens is 334 g/mol. The van der Waals surface area contributed by atoms with E-state index in [2.05, 4.69) is 31.4 Å². The first-order valence-electron chi connectivity index (χ1n) is 7.18. The molecule has 0 saturated carbocycles. The molecule has 5 nitrogen and oxygen atoms in total. The molecule has 1 aromatic heterocycles. The Morgan fingerprint density at radius 2 is 2.10 bits per heavy atom. The second-order valence-electron chi connectivity index (χ2n) is 5.13. The van der Waals surface area contributed by atoms with E-state index in [0.29, 0.717) is 30.8 Å². The van der Waals surface area contributed by atoms with Gasteiger partial charge >= 0.3 is 0 Å². The van der Waals surface area contributed by atoms with Crippen molar-refractivity contribution in [2.75, 3.05) is 13.1 Å². The van der Waals surface area contributed by atoms with Crippen LogP contribution in [0.5, 0.6) is 0 Å². The van der Waals surface area contributed by atoms with Gasteiger partial charge in [0.2, 0.25) is 0 Å². The topological polar surface area (TPSA) is 60.2 Å². The van der Waals surface area contributed by atoms with Crippen molar-refractivity contribution in [2.24, 2.45) is 0 Å². The van der Waals surface area contributed by atoms with Gasteiger partial charge in [-0.15, -0.1) is 0 Å². The third kappa shape index (κ3) is 4.12. The molecule has 0 atom stereocenters. The Bertz CT molecular complexity index is 582. The second kappa shape index (κ2) is 7.15. The van der Waals surface area contributed by atoms with E-state index in [1.807, 2.05) is 24.3 Å². The average Bonchev–Trinajstić information content (AvgIpc) is 2.96. The standard InChI is InChI=1S/C15H18BrN3O2/c16-13-4-2-1-3-11(13)9-14-18-15(21-19-14)10-20-12-5-7-17-8-6-12/h1-4,12,17H,5-10H2. The number of piperidine rings is 1. The zero-order valence-corrected chi connectivity index (χ0v) is 13.3. The molecule has 0 bridgehead atoms. The number of hydrogen-bond donors (Lipinski definition) is 1. The van der Waals surface area contributed by atoms with Crippen LogP contribution in [0.1, 0.15) is 30.1 Å². The second-order valence-corrected chi connectivity index (χ2v) is 5.99. The molecule has 1 N–H and O–H groups in total. The Morgan fingerprint density at radius 3 is 2.90 bits per heavy atom. The smallest absolute Gasteiger partial charge is 0.252 e. The first kappa shape index (κ1) is 14.7. The van der Waals surface area contributed by atoms with E-state index < -0.39 is 0 Å². The molecule has 1 aliphatic heterocycles. The highest BCUT2D eigenvalue weighted by molar-refractivity contribution is 9.10. The van der Waals surface area contributed by atoms with Gasteiger partial charge in [-0.3, -0.25) is 0 Å². The third-order valence-corrected chi connectivity index (χ3v) is 4.32. The van der Waals surface area contributed by atoms with Crippen molar-refractivity contribution < 1.29 is 9.26 Å². The average molecular weight is 352 g/mol. The van der Waals surface area contributed by atoms with Crippen LogP contribution in [-0.2, 0) is 17.8 Å². The summed E-state index contributed by atoms with van der Waals surface area (Å²) in [6.45, 7) is 2.43. The maximum absolute atomic E-state index is 5.81. The van der Waals surface area contributed by atoms with Gasteiger partial charge in [-0.1, -0.05) is 39.3 Å². The van der Waals surface area contributed by atoms with E-state index in [1.165, 1.54) is 0 Å². The van der Waals surface area contributed by atoms with Crippen molar-refractivity contribution in [3.63, 3.8) is 0 Å². The van der Waals surface area contributed by atoms with E-state index >= 15 is 0 Å². The van der Waals surface area contributed by atoms with Crippen molar-refractivity contribution in [1.82, 2.24) is 15.5 Å². The molecule has 0 amide bonds. The lowest BCUT2D eigenvalue weighted by atomic mass is 10.1. The van der Waals surface area contributed by atoms with Crippen LogP contribution < -0.4 is 5.32 Å². The fourth-order valence-electron chi connectivity index (χ4n) is 2.38. The molecule has 21 heavy (non-hydrogen) atoms. The molecule has 0 radical (unpaired) electrons. The molecule has 1 aliphatic rings. The van der Waals surface area contributed by atoms with Crippen LogP contribution in [0, 0.1) is 0 Å². The fraction of sp³-hybridized carbons (Fsp3) is 0.467. The van der Waals surface area contributed by atoms with Crippen LogP contribution in [0.4, 0.5) is 0 Å². The number of nitrogens with zero attached hydrogens (tertiary/aromatic N) is 2. The summed E-state index contributed by atoms with van der Waals surface area (Å²) in [5, 5.41) is 7.33. The molecule has 1 aromatic carbocycles. The summed E-state index contributed by atoms with van der Waals surface area (Å²) in [6.07, 6.45) is 3.03. The first-order valence-corrected chi connectivity index (χ1v) is 7.98. The molecule has 3 rings (SSSR count). The Morgan fingerprint density at radius 1 is 1.29 bits per heavy atom. The van der Waals surface area contributed by atoms with Gasteiger partial charge in [0.25, 0.3) is 5.89 Å². The van der Waals surface area contributed by atoms with Gasteiger partial charge in [0, 0.05) is 10.9 Å². The van der Waals surface area contributed by atoms with Crippen LogP contribution in [0.2, 0.25) is 0 Å². The Labute approximate surface area is 132 Å². The van der Waals surface area contributed by atoms with Crippen molar-refractivity contribution in [2.45, 2.75) is 32.0 Å². The number of halogens is 1. The highest BCUT2D eigenvalue weighted by Gasteiger charge is 2.15. The molecular formula is C15H18BrN3O2. The summed E-state index contributed by atoms with van der Waals surface area (Å²) in [6, 6.07) is 8.05. The molecule has 1 fully saturated rings. The summed E-state index contributed by atoms with van der Waals surface area (Å²) < 4.78 is 12.1. The molecule has 2 aromatic rings. The lowest BCUT2D eigenvalue weighted by molar-refractivity contribution is 0.00859. The quantitative estimate of drug-likeness (QED) is 0.897. The lowest BCUT2D eigenvalue weighted by Gasteiger charge is -2.21. The molecule has 112 valence electrons. The number of nitrogens with one attached hydrogen (secondary N) is 1. The number of ether oxygens (including phenoxy) is 1. The molecule has 0 spiro atoms. The van der Waals surface area contributed by atoms with Crippen molar-refractivity contribution in [3.05, 3.63) is 46.0 Å². The van der Waals surface area contributed by atoms with Crippen molar-refractivity contribution in [3.8, 4) is 0 Å². The lowest BCUT2D eigenvalue weighted by Crippen LogP contribution is -2.32. The monoisotopic (exact) mass is 351 g/mol. The summed E-state index contributed by atoms with van der Waals surface area (Å²) in [5.74, 6) is 1.24. The summed E-state index contributed by atoms with van der Waals surface area (Å²) in [7, 11) is 0. The van der Waals surface area contributed by atoms with Gasteiger partial charge in [0.05, 0.1) is 6.10 Å². The number of aromatic nitrogens is 2. The molecule has 1 saturated heterocycles. The Balaban J connectivity index is 1.55. The van der Waals surface area contributed by atoms with Crippen molar-refractivity contribution >= 4 is 15.9 Å². The maximum atomic E-state index is 5.81. The SMILES string of the molecule is Brc1ccccc1Cc1noc(COC2CCNCC2)n1. The minimum atomic E-state index is 0.296. The number of benzene rings is 1. The Hall–Kier alpha value is -1.24. The summed E-state index contributed by atoms with van der Waals surface area (Å²) in [5.41, 5.74) is 1.14. The van der Waals surface area contributed by atoms with E-state index in [0.717, 1.165) is 36.0 Å². The van der Waals surface area contributed by atoms with Crippen LogP contribution in [-0.4, -0.2) is 29.3 Å². The van der Waals surface area contributed by atoms with Gasteiger partial charge in [0.1, 0.15) is 6.61 Å². The van der Waals surface area contributed by atoms with E-state index in [1.54, 1.807) is 0 Å². The highest BCUT2D eigenvalue weighted by atomic mass is 79.9. The minimum Gasteiger partial charge on any atom is -0.368 e. The van der Waals surface area contributed by atoms with Crippen LogP contribution in [0.15, 0.2) is 33.3 Å². The van der Waals surface area contributed by atoms with Crippen LogP contribution >= 0.6 is 15.9 Å². The van der Waals surface area contributed by atoms with Gasteiger partial charge in [-0.05, 0) is 37.6 Å². The van der Waals surface area contributed by atoms with Gasteiger partial charge < -0.3 is 14.6 Å². The zero-order chi connectivity index (χ0) is 14.5. The number of rotatable bonds is 5. The zero-order valence-electron chi connectivity index (χ0n) is 11.7. The van der Waals surface area contributed by atoms with Gasteiger partial charge in [-0.2, -0.15) is 4.98 Å². The molecule has 0 aliphatic carbocycles. The number of hydrogen-bond acceptors (Lipinski definition) is 5.